The second-order valence-corrected chi connectivity index (χ2v) is 8.00. The molecular weight excluding hydrogens is 312 g/mol. The van der Waals surface area contributed by atoms with Gasteiger partial charge in [-0.3, -0.25) is 0 Å². The summed E-state index contributed by atoms with van der Waals surface area (Å²) in [6, 6.07) is 15.7. The van der Waals surface area contributed by atoms with Crippen LogP contribution >= 0.6 is 0 Å². The second-order valence-electron chi connectivity index (χ2n) is 8.00. The maximum absolute atomic E-state index is 2.36. The van der Waals surface area contributed by atoms with Gasteiger partial charge in [0, 0.05) is 0 Å². The van der Waals surface area contributed by atoms with E-state index in [1.807, 2.05) is 0 Å². The van der Waals surface area contributed by atoms with Crippen molar-refractivity contribution in [3.63, 3.8) is 0 Å². The van der Waals surface area contributed by atoms with Gasteiger partial charge >= 0.3 is 0 Å². The highest BCUT2D eigenvalue weighted by atomic mass is 14.2. The Bertz CT molecular complexity index is 593. The van der Waals surface area contributed by atoms with Crippen molar-refractivity contribution < 1.29 is 0 Å². The predicted octanol–water partition coefficient (Wildman–Crippen LogP) is 9.03. The Balaban J connectivity index is 1.63. The molecule has 0 fully saturated rings. The van der Waals surface area contributed by atoms with E-state index < -0.39 is 0 Å². The van der Waals surface area contributed by atoms with Crippen molar-refractivity contribution in [1.82, 2.24) is 0 Å². The average Bonchev–Trinajstić information content (AvgIpc) is 2.69. The maximum Gasteiger partial charge on any atom is -0.0149 e. The summed E-state index contributed by atoms with van der Waals surface area (Å²) in [5, 5.41) is 2.85. The van der Waals surface area contributed by atoms with Crippen LogP contribution in [0.15, 0.2) is 42.5 Å². The molecule has 0 spiro atoms. The van der Waals surface area contributed by atoms with E-state index >= 15 is 0 Å². The number of hydrogen-bond acceptors (Lipinski definition) is 0. The van der Waals surface area contributed by atoms with E-state index in [0.717, 1.165) is 5.92 Å². The molecule has 144 valence electrons. The average molecular weight is 353 g/mol. The van der Waals surface area contributed by atoms with Gasteiger partial charge < -0.3 is 0 Å². The van der Waals surface area contributed by atoms with Crippen molar-refractivity contribution in [3.8, 4) is 0 Å². The zero-order valence-corrected chi connectivity index (χ0v) is 17.3. The van der Waals surface area contributed by atoms with Crippen LogP contribution in [-0.4, -0.2) is 0 Å². The molecular formula is C26H40. The Morgan fingerprint density at radius 1 is 0.615 bits per heavy atom. The number of fused-ring (bicyclic) bond motifs is 1. The molecule has 0 aliphatic heterocycles. The van der Waals surface area contributed by atoms with Gasteiger partial charge in [0.1, 0.15) is 0 Å². The molecule has 2 rings (SSSR count). The molecule has 0 nitrogen and oxygen atoms in total. The van der Waals surface area contributed by atoms with Gasteiger partial charge in [-0.15, -0.1) is 0 Å². The topological polar surface area (TPSA) is 0 Å². The molecule has 1 atom stereocenters. The van der Waals surface area contributed by atoms with Crippen molar-refractivity contribution >= 4 is 10.8 Å². The quantitative estimate of drug-likeness (QED) is 0.297. The Hall–Kier alpha value is -1.30. The van der Waals surface area contributed by atoms with E-state index in [0.29, 0.717) is 0 Å². The van der Waals surface area contributed by atoms with Gasteiger partial charge in [0.05, 0.1) is 0 Å². The molecule has 1 unspecified atom stereocenters. The molecule has 0 aromatic heterocycles. The van der Waals surface area contributed by atoms with Gasteiger partial charge in [-0.05, 0) is 35.1 Å². The lowest BCUT2D eigenvalue weighted by Crippen LogP contribution is -1.99. The zero-order chi connectivity index (χ0) is 18.5. The molecule has 0 aliphatic carbocycles. The van der Waals surface area contributed by atoms with E-state index in [1.165, 1.54) is 94.2 Å². The van der Waals surface area contributed by atoms with Crippen LogP contribution in [0.2, 0.25) is 0 Å². The summed E-state index contributed by atoms with van der Waals surface area (Å²) >= 11 is 0. The number of unbranched alkanes of at least 4 members (excludes halogenated alkanes) is 10. The lowest BCUT2D eigenvalue weighted by atomic mass is 9.87. The highest BCUT2D eigenvalue weighted by Crippen LogP contribution is 2.31. The maximum atomic E-state index is 2.36. The van der Waals surface area contributed by atoms with Crippen molar-refractivity contribution in [3.05, 3.63) is 48.0 Å². The van der Waals surface area contributed by atoms with Gasteiger partial charge in [-0.1, -0.05) is 127 Å². The Morgan fingerprint density at radius 2 is 1.19 bits per heavy atom. The van der Waals surface area contributed by atoms with Crippen LogP contribution in [0.3, 0.4) is 0 Å². The molecule has 0 heteroatoms. The lowest BCUT2D eigenvalue weighted by Gasteiger charge is -2.17. The number of rotatable bonds is 14. The lowest BCUT2D eigenvalue weighted by molar-refractivity contribution is 0.517. The molecule has 0 amide bonds. The van der Waals surface area contributed by atoms with E-state index in [-0.39, 0.29) is 0 Å². The van der Waals surface area contributed by atoms with Crippen LogP contribution in [0, 0.1) is 0 Å². The third-order valence-corrected chi connectivity index (χ3v) is 5.91. The van der Waals surface area contributed by atoms with E-state index in [2.05, 4.69) is 56.3 Å². The van der Waals surface area contributed by atoms with Crippen molar-refractivity contribution in [2.45, 2.75) is 103 Å². The minimum Gasteiger partial charge on any atom is -0.0654 e. The fourth-order valence-corrected chi connectivity index (χ4v) is 4.24. The largest absolute Gasteiger partial charge is 0.0654 e. The summed E-state index contributed by atoms with van der Waals surface area (Å²) in [6.45, 7) is 4.65. The van der Waals surface area contributed by atoms with Gasteiger partial charge in [0.15, 0.2) is 0 Å². The first-order chi connectivity index (χ1) is 12.9. The van der Waals surface area contributed by atoms with Crippen LogP contribution in [0.25, 0.3) is 10.8 Å². The fraction of sp³-hybridized carbons (Fsp3) is 0.615. The van der Waals surface area contributed by atoms with Crippen LogP contribution in [0.4, 0.5) is 0 Å². The molecule has 0 saturated heterocycles. The van der Waals surface area contributed by atoms with Gasteiger partial charge in [0.25, 0.3) is 0 Å². The highest BCUT2D eigenvalue weighted by molar-refractivity contribution is 5.86. The van der Waals surface area contributed by atoms with Crippen LogP contribution in [0.5, 0.6) is 0 Å². The first kappa shape index (κ1) is 21.0. The van der Waals surface area contributed by atoms with Crippen molar-refractivity contribution in [2.24, 2.45) is 0 Å². The minimum absolute atomic E-state index is 0.722. The molecule has 26 heavy (non-hydrogen) atoms. The molecule has 2 aromatic carbocycles. The summed E-state index contributed by atoms with van der Waals surface area (Å²) < 4.78 is 0. The van der Waals surface area contributed by atoms with Crippen LogP contribution in [-0.2, 0) is 0 Å². The number of hydrogen-bond donors (Lipinski definition) is 0. The Kier molecular flexibility index (Phi) is 10.5. The first-order valence-corrected chi connectivity index (χ1v) is 11.3. The van der Waals surface area contributed by atoms with Gasteiger partial charge in [0.2, 0.25) is 0 Å². The van der Waals surface area contributed by atoms with Crippen LogP contribution < -0.4 is 0 Å². The van der Waals surface area contributed by atoms with E-state index in [4.69, 9.17) is 0 Å². The van der Waals surface area contributed by atoms with E-state index in [1.54, 1.807) is 5.56 Å². The summed E-state index contributed by atoms with van der Waals surface area (Å²) in [5.41, 5.74) is 1.57. The van der Waals surface area contributed by atoms with Gasteiger partial charge in [-0.2, -0.15) is 0 Å². The Morgan fingerprint density at radius 3 is 1.85 bits per heavy atom. The predicted molar refractivity (Wildman–Crippen MR) is 118 cm³/mol. The molecule has 0 radical (unpaired) electrons. The third kappa shape index (κ3) is 7.14. The van der Waals surface area contributed by atoms with Crippen molar-refractivity contribution in [1.29, 1.82) is 0 Å². The monoisotopic (exact) mass is 352 g/mol. The SMILES string of the molecule is CCCCCCCCCCCCCC(CC)c1cccc2ccccc12. The fourth-order valence-electron chi connectivity index (χ4n) is 4.24. The summed E-state index contributed by atoms with van der Waals surface area (Å²) in [5.74, 6) is 0.722. The summed E-state index contributed by atoms with van der Waals surface area (Å²) in [6.07, 6.45) is 18.3. The molecule has 0 heterocycles. The van der Waals surface area contributed by atoms with Gasteiger partial charge in [-0.25, -0.2) is 0 Å². The zero-order valence-electron chi connectivity index (χ0n) is 17.3. The summed E-state index contributed by atoms with van der Waals surface area (Å²) in [7, 11) is 0. The third-order valence-electron chi connectivity index (χ3n) is 5.91. The molecule has 0 bridgehead atoms. The standard InChI is InChI=1S/C26H40/c1-3-5-6-7-8-9-10-11-12-13-14-18-23(4-2)25-22-17-20-24-19-15-16-21-26(24)25/h15-17,19-23H,3-14,18H2,1-2H3. The van der Waals surface area contributed by atoms with Crippen LogP contribution in [0.1, 0.15) is 109 Å². The van der Waals surface area contributed by atoms with Crippen molar-refractivity contribution in [2.75, 3.05) is 0 Å². The van der Waals surface area contributed by atoms with E-state index in [9.17, 15) is 0 Å². The molecule has 0 N–H and O–H groups in total. The second kappa shape index (κ2) is 13.0. The minimum atomic E-state index is 0.722. The summed E-state index contributed by atoms with van der Waals surface area (Å²) in [4.78, 5) is 0. The molecule has 0 saturated carbocycles. The Labute approximate surface area is 162 Å². The highest BCUT2D eigenvalue weighted by Gasteiger charge is 2.12. The number of benzene rings is 2. The first-order valence-electron chi connectivity index (χ1n) is 11.3. The normalized spacial score (nSPS) is 12.5. The smallest absolute Gasteiger partial charge is 0.0149 e. The molecule has 2 aromatic rings. The molecule has 0 aliphatic rings.